The van der Waals surface area contributed by atoms with Gasteiger partial charge in [0.15, 0.2) is 0 Å². The van der Waals surface area contributed by atoms with Crippen molar-refractivity contribution in [3.8, 4) is 0 Å². The number of benzene rings is 1. The second-order valence-corrected chi connectivity index (χ2v) is 4.87. The quantitative estimate of drug-likeness (QED) is 0.646. The number of likely N-dealkylation sites (N-methyl/N-ethyl adjacent to an activating group) is 1. The molecule has 5 heteroatoms. The summed E-state index contributed by atoms with van der Waals surface area (Å²) in [4.78, 5) is 14.1. The van der Waals surface area contributed by atoms with Crippen molar-refractivity contribution in [3.63, 3.8) is 0 Å². The largest absolute Gasteiger partial charge is 0.378 e. The molecule has 1 aromatic rings. The van der Waals surface area contributed by atoms with Crippen LogP contribution in [0, 0.1) is 0 Å². The summed E-state index contributed by atoms with van der Waals surface area (Å²) in [5.74, 6) is -0.0646. The van der Waals surface area contributed by atoms with E-state index in [0.717, 1.165) is 12.1 Å². The van der Waals surface area contributed by atoms with E-state index in [2.05, 4.69) is 10.2 Å². The van der Waals surface area contributed by atoms with E-state index in [9.17, 15) is 4.79 Å². The molecule has 5 nitrogen and oxygen atoms in total. The van der Waals surface area contributed by atoms with Gasteiger partial charge in [-0.05, 0) is 38.7 Å². The summed E-state index contributed by atoms with van der Waals surface area (Å²) in [7, 11) is 4.00. The molecular formula is C15H25N3O2. The molecule has 1 rings (SSSR count). The number of carbonyl (C=O) groups excluding carboxylic acids is 1. The molecule has 0 atom stereocenters. The molecule has 0 aliphatic carbocycles. The highest BCUT2D eigenvalue weighted by Crippen LogP contribution is 2.08. The average Bonchev–Trinajstić information content (AvgIpc) is 2.43. The SMILES string of the molecule is CN(C)CCOCCNC(=O)c1ccccc1CCN. The zero-order valence-electron chi connectivity index (χ0n) is 12.4. The van der Waals surface area contributed by atoms with Crippen molar-refractivity contribution < 1.29 is 9.53 Å². The number of nitrogens with two attached hydrogens (primary N) is 1. The first-order chi connectivity index (χ1) is 9.65. The highest BCUT2D eigenvalue weighted by molar-refractivity contribution is 5.95. The van der Waals surface area contributed by atoms with Crippen molar-refractivity contribution in [1.82, 2.24) is 10.2 Å². The van der Waals surface area contributed by atoms with Crippen molar-refractivity contribution in [2.24, 2.45) is 5.73 Å². The number of amides is 1. The Morgan fingerprint density at radius 1 is 1.30 bits per heavy atom. The topological polar surface area (TPSA) is 67.6 Å². The molecule has 3 N–H and O–H groups in total. The summed E-state index contributed by atoms with van der Waals surface area (Å²) in [5.41, 5.74) is 7.24. The maximum atomic E-state index is 12.1. The van der Waals surface area contributed by atoms with Gasteiger partial charge in [-0.15, -0.1) is 0 Å². The van der Waals surface area contributed by atoms with Crippen LogP contribution < -0.4 is 11.1 Å². The first-order valence-electron chi connectivity index (χ1n) is 6.93. The Labute approximate surface area is 121 Å². The molecule has 0 heterocycles. The predicted octanol–water partition coefficient (Wildman–Crippen LogP) is 0.496. The highest BCUT2D eigenvalue weighted by atomic mass is 16.5. The van der Waals surface area contributed by atoms with Gasteiger partial charge in [0.2, 0.25) is 0 Å². The zero-order valence-corrected chi connectivity index (χ0v) is 12.4. The van der Waals surface area contributed by atoms with Crippen LogP contribution in [0.2, 0.25) is 0 Å². The van der Waals surface area contributed by atoms with Gasteiger partial charge >= 0.3 is 0 Å². The van der Waals surface area contributed by atoms with E-state index in [4.69, 9.17) is 10.5 Å². The minimum atomic E-state index is -0.0646. The zero-order chi connectivity index (χ0) is 14.8. The van der Waals surface area contributed by atoms with Gasteiger partial charge in [-0.2, -0.15) is 0 Å². The predicted molar refractivity (Wildman–Crippen MR) is 80.9 cm³/mol. The van der Waals surface area contributed by atoms with Gasteiger partial charge in [-0.25, -0.2) is 0 Å². The van der Waals surface area contributed by atoms with Gasteiger partial charge in [0.05, 0.1) is 13.2 Å². The van der Waals surface area contributed by atoms with E-state index in [0.29, 0.717) is 38.3 Å². The number of rotatable bonds is 9. The summed E-state index contributed by atoms with van der Waals surface area (Å²) < 4.78 is 5.43. The highest BCUT2D eigenvalue weighted by Gasteiger charge is 2.09. The standard InChI is InChI=1S/C15H25N3O2/c1-18(2)10-12-20-11-9-17-15(19)14-6-4-3-5-13(14)7-8-16/h3-6H,7-12,16H2,1-2H3,(H,17,19). The number of nitrogens with one attached hydrogen (secondary N) is 1. The Bertz CT molecular complexity index is 408. The smallest absolute Gasteiger partial charge is 0.251 e. The van der Waals surface area contributed by atoms with Crippen LogP contribution in [0.5, 0.6) is 0 Å². The Kier molecular flexibility index (Phi) is 7.87. The Balaban J connectivity index is 2.32. The monoisotopic (exact) mass is 279 g/mol. The molecule has 0 unspecified atom stereocenters. The minimum Gasteiger partial charge on any atom is -0.378 e. The first-order valence-corrected chi connectivity index (χ1v) is 6.93. The van der Waals surface area contributed by atoms with Gasteiger partial charge in [-0.1, -0.05) is 18.2 Å². The average molecular weight is 279 g/mol. The molecule has 0 saturated heterocycles. The van der Waals surface area contributed by atoms with Gasteiger partial charge in [0.25, 0.3) is 5.91 Å². The summed E-state index contributed by atoms with van der Waals surface area (Å²) in [6.07, 6.45) is 0.711. The molecule has 1 amide bonds. The van der Waals surface area contributed by atoms with Crippen LogP contribution in [0.4, 0.5) is 0 Å². The molecule has 112 valence electrons. The fourth-order valence-corrected chi connectivity index (χ4v) is 1.80. The van der Waals surface area contributed by atoms with Crippen LogP contribution in [0.25, 0.3) is 0 Å². The van der Waals surface area contributed by atoms with Crippen LogP contribution in [-0.4, -0.2) is 57.8 Å². The molecule has 1 aromatic carbocycles. The molecule has 20 heavy (non-hydrogen) atoms. The molecule has 0 fully saturated rings. The Morgan fingerprint density at radius 3 is 2.75 bits per heavy atom. The number of carbonyl (C=O) groups is 1. The fraction of sp³-hybridized carbons (Fsp3) is 0.533. The summed E-state index contributed by atoms with van der Waals surface area (Å²) in [6.45, 7) is 3.14. The third-order valence-corrected chi connectivity index (χ3v) is 2.89. The number of hydrogen-bond acceptors (Lipinski definition) is 4. The second kappa shape index (κ2) is 9.47. The van der Waals surface area contributed by atoms with Crippen LogP contribution >= 0.6 is 0 Å². The Hall–Kier alpha value is -1.43. The van der Waals surface area contributed by atoms with E-state index in [1.54, 1.807) is 0 Å². The lowest BCUT2D eigenvalue weighted by atomic mass is 10.0. The normalized spacial score (nSPS) is 10.8. The minimum absolute atomic E-state index is 0.0646. The van der Waals surface area contributed by atoms with Crippen molar-refractivity contribution in [1.29, 1.82) is 0 Å². The lowest BCUT2D eigenvalue weighted by Gasteiger charge is -2.11. The van der Waals surface area contributed by atoms with Crippen molar-refractivity contribution >= 4 is 5.91 Å². The van der Waals surface area contributed by atoms with Gasteiger partial charge in [-0.3, -0.25) is 4.79 Å². The summed E-state index contributed by atoms with van der Waals surface area (Å²) in [6, 6.07) is 7.55. The van der Waals surface area contributed by atoms with Crippen LogP contribution in [0.1, 0.15) is 15.9 Å². The molecule has 0 aromatic heterocycles. The second-order valence-electron chi connectivity index (χ2n) is 4.87. The Morgan fingerprint density at radius 2 is 2.05 bits per heavy atom. The molecule has 0 radical (unpaired) electrons. The fourth-order valence-electron chi connectivity index (χ4n) is 1.80. The van der Waals surface area contributed by atoms with Crippen molar-refractivity contribution in [3.05, 3.63) is 35.4 Å². The van der Waals surface area contributed by atoms with E-state index in [1.165, 1.54) is 0 Å². The van der Waals surface area contributed by atoms with Gasteiger partial charge in [0, 0.05) is 18.7 Å². The maximum Gasteiger partial charge on any atom is 0.251 e. The van der Waals surface area contributed by atoms with E-state index < -0.39 is 0 Å². The van der Waals surface area contributed by atoms with Crippen molar-refractivity contribution in [2.45, 2.75) is 6.42 Å². The van der Waals surface area contributed by atoms with E-state index >= 15 is 0 Å². The molecule has 0 spiro atoms. The summed E-state index contributed by atoms with van der Waals surface area (Å²) in [5, 5.41) is 2.87. The number of nitrogens with zero attached hydrogens (tertiary/aromatic N) is 1. The number of ether oxygens (including phenoxy) is 1. The molecule has 0 aliphatic rings. The van der Waals surface area contributed by atoms with Crippen molar-refractivity contribution in [2.75, 3.05) is 46.9 Å². The number of hydrogen-bond donors (Lipinski definition) is 2. The maximum absolute atomic E-state index is 12.1. The van der Waals surface area contributed by atoms with E-state index in [1.807, 2.05) is 38.4 Å². The summed E-state index contributed by atoms with van der Waals surface area (Å²) >= 11 is 0. The lowest BCUT2D eigenvalue weighted by molar-refractivity contribution is 0.0899. The first kappa shape index (κ1) is 16.6. The lowest BCUT2D eigenvalue weighted by Crippen LogP contribution is -2.29. The molecular weight excluding hydrogens is 254 g/mol. The third-order valence-electron chi connectivity index (χ3n) is 2.89. The third kappa shape index (κ3) is 6.14. The van der Waals surface area contributed by atoms with Crippen LogP contribution in [-0.2, 0) is 11.2 Å². The van der Waals surface area contributed by atoms with Crippen LogP contribution in [0.3, 0.4) is 0 Å². The van der Waals surface area contributed by atoms with Gasteiger partial charge in [0.1, 0.15) is 0 Å². The molecule has 0 saturated carbocycles. The molecule has 0 aliphatic heterocycles. The van der Waals surface area contributed by atoms with E-state index in [-0.39, 0.29) is 5.91 Å². The van der Waals surface area contributed by atoms with Gasteiger partial charge < -0.3 is 20.7 Å². The molecule has 0 bridgehead atoms. The van der Waals surface area contributed by atoms with Crippen LogP contribution in [0.15, 0.2) is 24.3 Å².